The molecule has 2 heteroatoms. The first-order valence-electron chi connectivity index (χ1n) is 3.69. The molecule has 0 saturated carbocycles. The average Bonchev–Trinajstić information content (AvgIpc) is 1.88. The van der Waals surface area contributed by atoms with E-state index in [4.69, 9.17) is 4.74 Å². The predicted molar refractivity (Wildman–Crippen MR) is 37.5 cm³/mol. The van der Waals surface area contributed by atoms with E-state index in [-0.39, 0.29) is 0 Å². The average molecular weight is 129 g/mol. The summed E-state index contributed by atoms with van der Waals surface area (Å²) in [5.41, 5.74) is 0. The van der Waals surface area contributed by atoms with E-state index in [1.165, 1.54) is 0 Å². The van der Waals surface area contributed by atoms with Gasteiger partial charge in [-0.15, -0.1) is 0 Å². The number of hydrogen-bond acceptors (Lipinski definition) is 2. The maximum absolute atomic E-state index is 5.57. The van der Waals surface area contributed by atoms with Gasteiger partial charge < -0.3 is 10.1 Å². The molecule has 1 saturated heterocycles. The highest BCUT2D eigenvalue weighted by Gasteiger charge is 2.15. The molecule has 9 heavy (non-hydrogen) atoms. The van der Waals surface area contributed by atoms with E-state index < -0.39 is 0 Å². The molecule has 0 spiro atoms. The van der Waals surface area contributed by atoms with Gasteiger partial charge in [0.25, 0.3) is 0 Å². The summed E-state index contributed by atoms with van der Waals surface area (Å²) in [6, 6.07) is 0. The lowest BCUT2D eigenvalue weighted by Crippen LogP contribution is -2.42. The monoisotopic (exact) mass is 129 g/mol. The maximum Gasteiger partial charge on any atom is 0.0701 e. The van der Waals surface area contributed by atoms with Crippen molar-refractivity contribution in [2.24, 2.45) is 0 Å². The largest absolute Gasteiger partial charge is 0.373 e. The summed E-state index contributed by atoms with van der Waals surface area (Å²) in [6.07, 6.45) is 1.98. The van der Waals surface area contributed by atoms with Gasteiger partial charge in [-0.3, -0.25) is 0 Å². The van der Waals surface area contributed by atoms with Gasteiger partial charge >= 0.3 is 0 Å². The zero-order chi connectivity index (χ0) is 6.69. The SMILES string of the molecule is CC[C@H]1CNC[C@H](C)O1. The minimum absolute atomic E-state index is 0.406. The van der Waals surface area contributed by atoms with Crippen LogP contribution in [0.3, 0.4) is 0 Å². The van der Waals surface area contributed by atoms with Crippen LogP contribution in [0.25, 0.3) is 0 Å². The van der Waals surface area contributed by atoms with E-state index in [1.54, 1.807) is 0 Å². The van der Waals surface area contributed by atoms with E-state index >= 15 is 0 Å². The predicted octanol–water partition coefficient (Wildman–Crippen LogP) is 0.773. The standard InChI is InChI=1S/C7H15NO/c1-3-7-5-8-4-6(2)9-7/h6-8H,3-5H2,1-2H3/t6-,7-/m0/s1. The fraction of sp³-hybridized carbons (Fsp3) is 1.00. The number of ether oxygens (including phenoxy) is 1. The van der Waals surface area contributed by atoms with E-state index in [0.29, 0.717) is 12.2 Å². The van der Waals surface area contributed by atoms with E-state index in [0.717, 1.165) is 19.5 Å². The minimum Gasteiger partial charge on any atom is -0.373 e. The maximum atomic E-state index is 5.57. The molecule has 2 nitrogen and oxygen atoms in total. The van der Waals surface area contributed by atoms with Gasteiger partial charge in [-0.05, 0) is 13.3 Å². The van der Waals surface area contributed by atoms with Crippen LogP contribution >= 0.6 is 0 Å². The Balaban J connectivity index is 2.23. The fourth-order valence-electron chi connectivity index (χ4n) is 1.11. The molecule has 1 heterocycles. The van der Waals surface area contributed by atoms with Gasteiger partial charge in [0.05, 0.1) is 12.2 Å². The third kappa shape index (κ3) is 1.95. The topological polar surface area (TPSA) is 21.3 Å². The summed E-state index contributed by atoms with van der Waals surface area (Å²) >= 11 is 0. The Morgan fingerprint density at radius 3 is 2.78 bits per heavy atom. The molecule has 0 aromatic carbocycles. The Labute approximate surface area is 56.6 Å². The lowest BCUT2D eigenvalue weighted by Gasteiger charge is -2.27. The van der Waals surface area contributed by atoms with Crippen molar-refractivity contribution in [1.82, 2.24) is 5.32 Å². The summed E-state index contributed by atoms with van der Waals surface area (Å²) < 4.78 is 5.57. The highest BCUT2D eigenvalue weighted by Crippen LogP contribution is 2.05. The second-order valence-electron chi connectivity index (χ2n) is 2.64. The third-order valence-corrected chi connectivity index (χ3v) is 1.68. The van der Waals surface area contributed by atoms with Crippen LogP contribution in [0.1, 0.15) is 20.3 Å². The van der Waals surface area contributed by atoms with Gasteiger partial charge in [0.15, 0.2) is 0 Å². The second-order valence-corrected chi connectivity index (χ2v) is 2.64. The van der Waals surface area contributed by atoms with Crippen molar-refractivity contribution in [1.29, 1.82) is 0 Å². The first-order valence-corrected chi connectivity index (χ1v) is 3.69. The molecule has 1 aliphatic heterocycles. The Bertz CT molecular complexity index is 85.0. The minimum atomic E-state index is 0.406. The van der Waals surface area contributed by atoms with Crippen LogP contribution in [-0.4, -0.2) is 25.3 Å². The van der Waals surface area contributed by atoms with Crippen LogP contribution in [0, 0.1) is 0 Å². The quantitative estimate of drug-likeness (QED) is 0.564. The highest BCUT2D eigenvalue weighted by atomic mass is 16.5. The Kier molecular flexibility index (Phi) is 2.49. The van der Waals surface area contributed by atoms with Gasteiger partial charge in [0, 0.05) is 13.1 Å². The molecule has 0 amide bonds. The van der Waals surface area contributed by atoms with Crippen molar-refractivity contribution in [2.45, 2.75) is 32.5 Å². The van der Waals surface area contributed by atoms with Gasteiger partial charge in [0.1, 0.15) is 0 Å². The molecule has 1 fully saturated rings. The first kappa shape index (κ1) is 7.03. The normalized spacial score (nSPS) is 36.7. The molecule has 1 aliphatic rings. The second kappa shape index (κ2) is 3.18. The number of morpholine rings is 1. The van der Waals surface area contributed by atoms with E-state index in [1.807, 2.05) is 0 Å². The molecule has 2 atom stereocenters. The molecule has 54 valence electrons. The van der Waals surface area contributed by atoms with Crippen molar-refractivity contribution >= 4 is 0 Å². The van der Waals surface area contributed by atoms with Gasteiger partial charge in [0.2, 0.25) is 0 Å². The molecule has 0 bridgehead atoms. The number of hydrogen-bond donors (Lipinski definition) is 1. The van der Waals surface area contributed by atoms with Crippen molar-refractivity contribution in [2.75, 3.05) is 13.1 Å². The molecule has 0 radical (unpaired) electrons. The van der Waals surface area contributed by atoms with Crippen molar-refractivity contribution in [3.63, 3.8) is 0 Å². The Morgan fingerprint density at radius 2 is 2.33 bits per heavy atom. The number of rotatable bonds is 1. The Morgan fingerprint density at radius 1 is 1.56 bits per heavy atom. The molecule has 1 rings (SSSR count). The van der Waals surface area contributed by atoms with Gasteiger partial charge in [-0.1, -0.05) is 6.92 Å². The van der Waals surface area contributed by atoms with Crippen LogP contribution in [-0.2, 0) is 4.74 Å². The van der Waals surface area contributed by atoms with Gasteiger partial charge in [-0.25, -0.2) is 0 Å². The molecular weight excluding hydrogens is 114 g/mol. The zero-order valence-electron chi connectivity index (χ0n) is 6.18. The summed E-state index contributed by atoms with van der Waals surface area (Å²) in [5, 5.41) is 3.31. The summed E-state index contributed by atoms with van der Waals surface area (Å²) in [5.74, 6) is 0. The Hall–Kier alpha value is -0.0800. The molecule has 0 aromatic heterocycles. The molecule has 0 unspecified atom stereocenters. The first-order chi connectivity index (χ1) is 4.33. The van der Waals surface area contributed by atoms with E-state index in [2.05, 4.69) is 19.2 Å². The van der Waals surface area contributed by atoms with Crippen molar-refractivity contribution < 1.29 is 4.74 Å². The van der Waals surface area contributed by atoms with Crippen LogP contribution in [0.5, 0.6) is 0 Å². The van der Waals surface area contributed by atoms with Crippen molar-refractivity contribution in [3.8, 4) is 0 Å². The summed E-state index contributed by atoms with van der Waals surface area (Å²) in [6.45, 7) is 6.30. The van der Waals surface area contributed by atoms with Crippen molar-refractivity contribution in [3.05, 3.63) is 0 Å². The fourth-order valence-corrected chi connectivity index (χ4v) is 1.11. The molecule has 1 N–H and O–H groups in total. The van der Waals surface area contributed by atoms with Gasteiger partial charge in [-0.2, -0.15) is 0 Å². The van der Waals surface area contributed by atoms with Crippen LogP contribution in [0.15, 0.2) is 0 Å². The number of nitrogens with one attached hydrogen (secondary N) is 1. The molecular formula is C7H15NO. The molecule has 0 aromatic rings. The van der Waals surface area contributed by atoms with Crippen LogP contribution < -0.4 is 5.32 Å². The highest BCUT2D eigenvalue weighted by molar-refractivity contribution is 4.69. The molecule has 0 aliphatic carbocycles. The lowest BCUT2D eigenvalue weighted by molar-refractivity contribution is -0.0283. The lowest BCUT2D eigenvalue weighted by atomic mass is 10.2. The van der Waals surface area contributed by atoms with E-state index in [9.17, 15) is 0 Å². The third-order valence-electron chi connectivity index (χ3n) is 1.68. The van der Waals surface area contributed by atoms with Crippen LogP contribution in [0.2, 0.25) is 0 Å². The summed E-state index contributed by atoms with van der Waals surface area (Å²) in [7, 11) is 0. The zero-order valence-corrected chi connectivity index (χ0v) is 6.18. The van der Waals surface area contributed by atoms with Crippen LogP contribution in [0.4, 0.5) is 0 Å². The smallest absolute Gasteiger partial charge is 0.0701 e. The summed E-state index contributed by atoms with van der Waals surface area (Å²) in [4.78, 5) is 0.